The molecule has 5 heterocycles. The summed E-state index contributed by atoms with van der Waals surface area (Å²) < 4.78 is 28.7. The van der Waals surface area contributed by atoms with Gasteiger partial charge in [-0.25, -0.2) is 4.79 Å². The van der Waals surface area contributed by atoms with Crippen molar-refractivity contribution in [1.82, 2.24) is 9.80 Å². The van der Waals surface area contributed by atoms with Crippen LogP contribution >= 0.6 is 0 Å². The number of hydrogen-bond acceptors (Lipinski definition) is 10. The third-order valence-electron chi connectivity index (χ3n) is 8.16. The van der Waals surface area contributed by atoms with Gasteiger partial charge in [-0.1, -0.05) is 0 Å². The minimum atomic E-state index is -0.886. The fraction of sp³-hybridized carbons (Fsp3) is 0.826. The highest BCUT2D eigenvalue weighted by molar-refractivity contribution is 5.92. The summed E-state index contributed by atoms with van der Waals surface area (Å²) in [5, 5.41) is 11.3. The van der Waals surface area contributed by atoms with E-state index < -0.39 is 47.9 Å². The molecule has 0 saturated carbocycles. The van der Waals surface area contributed by atoms with Gasteiger partial charge in [0.05, 0.1) is 55.5 Å². The Labute approximate surface area is 192 Å². The van der Waals surface area contributed by atoms with Gasteiger partial charge in [-0.05, 0) is 13.0 Å². The van der Waals surface area contributed by atoms with Crippen LogP contribution in [0.15, 0.2) is 11.6 Å². The molecule has 8 atom stereocenters. The number of nitrogens with zero attached hydrogens (tertiary/aromatic N) is 2. The number of rotatable bonds is 3. The van der Waals surface area contributed by atoms with Crippen molar-refractivity contribution >= 4 is 11.9 Å². The molecule has 1 N–H and O–H groups in total. The summed E-state index contributed by atoms with van der Waals surface area (Å²) in [5.41, 5.74) is -0.154. The molecule has 0 aromatic carbocycles. The molecule has 1 unspecified atom stereocenters. The van der Waals surface area contributed by atoms with Gasteiger partial charge in [0.2, 0.25) is 0 Å². The first-order valence-corrected chi connectivity index (χ1v) is 12.1. The molecule has 10 heteroatoms. The van der Waals surface area contributed by atoms with Crippen LogP contribution in [0, 0.1) is 11.8 Å². The van der Waals surface area contributed by atoms with Crippen LogP contribution in [0.3, 0.4) is 0 Å². The van der Waals surface area contributed by atoms with Gasteiger partial charge in [0.15, 0.2) is 0 Å². The van der Waals surface area contributed by atoms with Gasteiger partial charge in [0, 0.05) is 39.1 Å². The molecule has 4 fully saturated rings. The van der Waals surface area contributed by atoms with Gasteiger partial charge in [-0.2, -0.15) is 0 Å². The highest BCUT2D eigenvalue weighted by Gasteiger charge is 2.64. The number of ether oxygens (including phenoxy) is 5. The maximum Gasteiger partial charge on any atom is 0.336 e. The Morgan fingerprint density at radius 3 is 2.48 bits per heavy atom. The Hall–Kier alpha value is -1.56. The molecule has 6 aliphatic rings. The van der Waals surface area contributed by atoms with E-state index in [1.807, 2.05) is 13.0 Å². The largest absolute Gasteiger partial charge is 0.462 e. The van der Waals surface area contributed by atoms with Gasteiger partial charge < -0.3 is 28.8 Å². The summed E-state index contributed by atoms with van der Waals surface area (Å²) in [6.07, 6.45) is -0.0125. The topological polar surface area (TPSA) is 110 Å². The van der Waals surface area contributed by atoms with E-state index in [0.717, 1.165) is 13.1 Å². The summed E-state index contributed by atoms with van der Waals surface area (Å²) in [6.45, 7) is 7.66. The molecule has 0 amide bonds. The quantitative estimate of drug-likeness (QED) is 0.410. The zero-order valence-corrected chi connectivity index (χ0v) is 18.9. The number of epoxide rings is 1. The van der Waals surface area contributed by atoms with Gasteiger partial charge >= 0.3 is 11.9 Å². The van der Waals surface area contributed by atoms with E-state index in [9.17, 15) is 14.7 Å². The standard InChI is InChI=1S/C23H32N2O8/c1-23-11-16-17(14(22(28)32-16)12-24-2-6-29-7-3-24)15-10-13(21(27)31-15)18(19(26)20(23)33-23)25-4-8-30-9-5-25/h10,14-20,26H,2-9,11-12H2,1H3/t14?,15-,16+,17+,18+,19+,20+,23+/m1/s1. The van der Waals surface area contributed by atoms with Crippen LogP contribution in [0.5, 0.6) is 0 Å². The first kappa shape index (κ1) is 21.9. The second-order valence-corrected chi connectivity index (χ2v) is 10.2. The monoisotopic (exact) mass is 464 g/mol. The molecular formula is C23H32N2O8. The molecule has 1 aliphatic carbocycles. The van der Waals surface area contributed by atoms with E-state index in [1.165, 1.54) is 0 Å². The van der Waals surface area contributed by atoms with Crippen molar-refractivity contribution < 1.29 is 38.4 Å². The number of carbonyl (C=O) groups excluding carboxylic acids is 2. The third kappa shape index (κ3) is 3.81. The second kappa shape index (κ2) is 8.28. The van der Waals surface area contributed by atoms with Crippen molar-refractivity contribution in [3.63, 3.8) is 0 Å². The zero-order chi connectivity index (χ0) is 22.7. The van der Waals surface area contributed by atoms with Crippen LogP contribution < -0.4 is 0 Å². The van der Waals surface area contributed by atoms with Crippen molar-refractivity contribution in [3.05, 3.63) is 11.6 Å². The Bertz CT molecular complexity index is 838. The molecule has 0 radical (unpaired) electrons. The Kier molecular flexibility index (Phi) is 5.51. The Morgan fingerprint density at radius 1 is 1.06 bits per heavy atom. The lowest BCUT2D eigenvalue weighted by Gasteiger charge is -2.37. The van der Waals surface area contributed by atoms with Gasteiger partial charge in [0.25, 0.3) is 0 Å². The molecule has 2 bridgehead atoms. The summed E-state index contributed by atoms with van der Waals surface area (Å²) in [4.78, 5) is 30.4. The number of esters is 2. The molecule has 0 aromatic heterocycles. The van der Waals surface area contributed by atoms with Crippen molar-refractivity contribution in [2.24, 2.45) is 11.8 Å². The lowest BCUT2D eigenvalue weighted by molar-refractivity contribution is -0.145. The number of aliphatic hydroxyl groups excluding tert-OH is 1. The summed E-state index contributed by atoms with van der Waals surface area (Å²) >= 11 is 0. The molecule has 182 valence electrons. The van der Waals surface area contributed by atoms with E-state index in [-0.39, 0.29) is 11.9 Å². The number of carbonyl (C=O) groups is 2. The van der Waals surface area contributed by atoms with Gasteiger partial charge in [0.1, 0.15) is 24.4 Å². The van der Waals surface area contributed by atoms with Crippen molar-refractivity contribution in [2.75, 3.05) is 59.2 Å². The van der Waals surface area contributed by atoms with E-state index in [2.05, 4.69) is 9.80 Å². The number of aliphatic hydroxyl groups is 1. The molecule has 33 heavy (non-hydrogen) atoms. The minimum Gasteiger partial charge on any atom is -0.462 e. The molecule has 0 spiro atoms. The maximum absolute atomic E-state index is 13.1. The number of fused-ring (bicyclic) bond motifs is 4. The zero-order valence-electron chi connectivity index (χ0n) is 18.9. The predicted molar refractivity (Wildman–Crippen MR) is 112 cm³/mol. The summed E-state index contributed by atoms with van der Waals surface area (Å²) in [7, 11) is 0. The first-order valence-electron chi connectivity index (χ1n) is 12.1. The number of morpholine rings is 2. The Morgan fingerprint density at radius 2 is 1.76 bits per heavy atom. The summed E-state index contributed by atoms with van der Waals surface area (Å²) in [5.74, 6) is -1.36. The van der Waals surface area contributed by atoms with Crippen molar-refractivity contribution in [2.45, 2.75) is 49.4 Å². The lowest BCUT2D eigenvalue weighted by Crippen LogP contribution is -2.53. The SMILES string of the molecule is C[C@]12C[C@@H]3OC(=O)C(CN4CCOCC4)[C@H]3[C@H]3C=C(C(=O)O3)[C@H](N3CCOCC3)[C@H](O)[C@@H]1O2. The van der Waals surface area contributed by atoms with Crippen LogP contribution in [0.25, 0.3) is 0 Å². The average Bonchev–Trinajstić information content (AvgIpc) is 3.20. The fourth-order valence-electron chi connectivity index (χ4n) is 6.36. The van der Waals surface area contributed by atoms with Crippen LogP contribution in [0.1, 0.15) is 13.3 Å². The smallest absolute Gasteiger partial charge is 0.336 e. The van der Waals surface area contributed by atoms with Gasteiger partial charge in [-0.15, -0.1) is 0 Å². The molecule has 0 aromatic rings. The normalized spacial score (nSPS) is 46.1. The van der Waals surface area contributed by atoms with Crippen molar-refractivity contribution in [1.29, 1.82) is 0 Å². The first-order chi connectivity index (χ1) is 15.9. The van der Waals surface area contributed by atoms with Crippen LogP contribution in [-0.4, -0.2) is 122 Å². The number of hydrogen-bond donors (Lipinski definition) is 1. The fourth-order valence-corrected chi connectivity index (χ4v) is 6.36. The highest BCUT2D eigenvalue weighted by Crippen LogP contribution is 2.50. The molecule has 4 saturated heterocycles. The molecule has 6 rings (SSSR count). The van der Waals surface area contributed by atoms with Crippen LogP contribution in [0.2, 0.25) is 0 Å². The lowest BCUT2D eigenvalue weighted by atomic mass is 9.79. The van der Waals surface area contributed by atoms with Crippen molar-refractivity contribution in [3.8, 4) is 0 Å². The average molecular weight is 465 g/mol. The third-order valence-corrected chi connectivity index (χ3v) is 8.16. The van der Waals surface area contributed by atoms with E-state index >= 15 is 0 Å². The Balaban J connectivity index is 1.34. The molecule has 10 nitrogen and oxygen atoms in total. The van der Waals surface area contributed by atoms with Crippen LogP contribution in [-0.2, 0) is 33.3 Å². The molecule has 5 aliphatic heterocycles. The van der Waals surface area contributed by atoms with E-state index in [4.69, 9.17) is 23.7 Å². The maximum atomic E-state index is 13.1. The minimum absolute atomic E-state index is 0.250. The second-order valence-electron chi connectivity index (χ2n) is 10.2. The van der Waals surface area contributed by atoms with E-state index in [0.29, 0.717) is 58.1 Å². The predicted octanol–water partition coefficient (Wildman–Crippen LogP) is -1.05. The van der Waals surface area contributed by atoms with Gasteiger partial charge in [-0.3, -0.25) is 14.6 Å². The molecular weight excluding hydrogens is 432 g/mol. The summed E-state index contributed by atoms with van der Waals surface area (Å²) in [6, 6.07) is -0.523. The van der Waals surface area contributed by atoms with Crippen LogP contribution in [0.4, 0.5) is 0 Å². The van der Waals surface area contributed by atoms with E-state index in [1.54, 1.807) is 0 Å². The highest BCUT2D eigenvalue weighted by atomic mass is 16.6.